The Morgan fingerprint density at radius 2 is 2.62 bits per heavy atom. The maximum Gasteiger partial charge on any atom is 0.207 e. The Balaban J connectivity index is 2.45. The molecule has 0 bridgehead atoms. The first-order valence-corrected chi connectivity index (χ1v) is 4.12. The second-order valence-corrected chi connectivity index (χ2v) is 2.93. The van der Waals surface area contributed by atoms with Gasteiger partial charge < -0.3 is 11.1 Å². The first-order chi connectivity index (χ1) is 6.24. The standard InChI is InChI=1S/C9H13N3O/c10-9(11)8-3-1-7(2-4-8)5-12-6-13/h1-3,6,8H,4-5H2,(H3,10,11)(H,12,13). The van der Waals surface area contributed by atoms with E-state index in [1.807, 2.05) is 18.2 Å². The molecule has 1 unspecified atom stereocenters. The summed E-state index contributed by atoms with van der Waals surface area (Å²) < 4.78 is 0. The van der Waals surface area contributed by atoms with Crippen molar-refractivity contribution in [3.63, 3.8) is 0 Å². The van der Waals surface area contributed by atoms with Gasteiger partial charge in [0.2, 0.25) is 6.41 Å². The topological polar surface area (TPSA) is 79.0 Å². The summed E-state index contributed by atoms with van der Waals surface area (Å²) in [5, 5.41) is 9.80. The average molecular weight is 179 g/mol. The van der Waals surface area contributed by atoms with Crippen molar-refractivity contribution in [2.75, 3.05) is 6.54 Å². The highest BCUT2D eigenvalue weighted by molar-refractivity contribution is 5.81. The lowest BCUT2D eigenvalue weighted by Crippen LogP contribution is -2.22. The minimum atomic E-state index is 0.0278. The van der Waals surface area contributed by atoms with Gasteiger partial charge in [-0.3, -0.25) is 10.2 Å². The lowest BCUT2D eigenvalue weighted by Gasteiger charge is -2.14. The number of nitrogens with two attached hydrogens (primary N) is 1. The SMILES string of the molecule is N=C(N)C1C=CC(CNC=O)=CC1. The van der Waals surface area contributed by atoms with Crippen molar-refractivity contribution in [3.05, 3.63) is 23.8 Å². The van der Waals surface area contributed by atoms with Gasteiger partial charge in [-0.1, -0.05) is 18.2 Å². The van der Waals surface area contributed by atoms with Crippen molar-refractivity contribution < 1.29 is 4.79 Å². The molecule has 4 heteroatoms. The third kappa shape index (κ3) is 2.74. The highest BCUT2D eigenvalue weighted by Crippen LogP contribution is 2.15. The molecule has 0 spiro atoms. The summed E-state index contributed by atoms with van der Waals surface area (Å²) in [7, 11) is 0. The van der Waals surface area contributed by atoms with Crippen molar-refractivity contribution in [1.82, 2.24) is 5.32 Å². The fourth-order valence-electron chi connectivity index (χ4n) is 1.19. The molecular formula is C9H13N3O. The summed E-state index contributed by atoms with van der Waals surface area (Å²) in [5.74, 6) is 0.217. The van der Waals surface area contributed by atoms with Crippen LogP contribution in [0.4, 0.5) is 0 Å². The van der Waals surface area contributed by atoms with Crippen molar-refractivity contribution in [1.29, 1.82) is 5.41 Å². The van der Waals surface area contributed by atoms with Crippen LogP contribution in [0.15, 0.2) is 23.8 Å². The third-order valence-electron chi connectivity index (χ3n) is 1.97. The zero-order valence-corrected chi connectivity index (χ0v) is 7.29. The molecule has 0 aromatic heterocycles. The van der Waals surface area contributed by atoms with E-state index in [9.17, 15) is 4.79 Å². The number of hydrogen-bond donors (Lipinski definition) is 3. The predicted octanol–water partition coefficient (Wildman–Crippen LogP) is 0.171. The normalized spacial score (nSPS) is 20.6. The van der Waals surface area contributed by atoms with E-state index in [4.69, 9.17) is 11.1 Å². The molecule has 1 atom stereocenters. The summed E-state index contributed by atoms with van der Waals surface area (Å²) >= 11 is 0. The van der Waals surface area contributed by atoms with Crippen LogP contribution in [0.5, 0.6) is 0 Å². The molecule has 4 nitrogen and oxygen atoms in total. The number of carbonyl (C=O) groups excluding carboxylic acids is 1. The van der Waals surface area contributed by atoms with Crippen molar-refractivity contribution in [2.24, 2.45) is 11.7 Å². The van der Waals surface area contributed by atoms with E-state index in [-0.39, 0.29) is 11.8 Å². The lowest BCUT2D eigenvalue weighted by molar-refractivity contribution is -0.109. The molecule has 0 heterocycles. The van der Waals surface area contributed by atoms with E-state index in [0.29, 0.717) is 13.0 Å². The van der Waals surface area contributed by atoms with Gasteiger partial charge in [0.1, 0.15) is 0 Å². The molecule has 0 radical (unpaired) electrons. The summed E-state index contributed by atoms with van der Waals surface area (Å²) in [5.41, 5.74) is 6.40. The molecule has 4 N–H and O–H groups in total. The van der Waals surface area contributed by atoms with E-state index in [1.54, 1.807) is 0 Å². The molecule has 0 saturated carbocycles. The van der Waals surface area contributed by atoms with Gasteiger partial charge in [-0.05, 0) is 12.0 Å². The van der Waals surface area contributed by atoms with Gasteiger partial charge in [0, 0.05) is 12.5 Å². The van der Waals surface area contributed by atoms with E-state index in [0.717, 1.165) is 12.0 Å². The summed E-state index contributed by atoms with van der Waals surface area (Å²) in [6.45, 7) is 0.546. The molecule has 1 rings (SSSR count). The maximum atomic E-state index is 10.0. The zero-order chi connectivity index (χ0) is 9.68. The van der Waals surface area contributed by atoms with Crippen LogP contribution in [0.25, 0.3) is 0 Å². The number of rotatable bonds is 4. The quantitative estimate of drug-likeness (QED) is 0.327. The Bertz CT molecular complexity index is 268. The van der Waals surface area contributed by atoms with E-state index >= 15 is 0 Å². The minimum Gasteiger partial charge on any atom is -0.387 e. The number of nitrogens with one attached hydrogen (secondary N) is 2. The molecule has 13 heavy (non-hydrogen) atoms. The maximum absolute atomic E-state index is 10.0. The number of amidine groups is 1. The van der Waals surface area contributed by atoms with Crippen molar-refractivity contribution >= 4 is 12.2 Å². The van der Waals surface area contributed by atoms with Crippen LogP contribution in [0.2, 0.25) is 0 Å². The van der Waals surface area contributed by atoms with Crippen LogP contribution in [0.3, 0.4) is 0 Å². The molecule has 0 aromatic carbocycles. The minimum absolute atomic E-state index is 0.0278. The Morgan fingerprint density at radius 1 is 1.85 bits per heavy atom. The van der Waals surface area contributed by atoms with Crippen LogP contribution in [0, 0.1) is 11.3 Å². The van der Waals surface area contributed by atoms with Gasteiger partial charge in [-0.15, -0.1) is 0 Å². The Kier molecular flexibility index (Phi) is 3.25. The molecule has 70 valence electrons. The van der Waals surface area contributed by atoms with Crippen LogP contribution in [0.1, 0.15) is 6.42 Å². The molecule has 1 aliphatic carbocycles. The number of hydrogen-bond acceptors (Lipinski definition) is 2. The van der Waals surface area contributed by atoms with Crippen LogP contribution in [-0.2, 0) is 4.79 Å². The monoisotopic (exact) mass is 179 g/mol. The Hall–Kier alpha value is -1.58. The first-order valence-electron chi connectivity index (χ1n) is 4.12. The average Bonchev–Trinajstić information content (AvgIpc) is 2.15. The van der Waals surface area contributed by atoms with Gasteiger partial charge in [-0.25, -0.2) is 0 Å². The second kappa shape index (κ2) is 4.45. The number of allylic oxidation sites excluding steroid dienone is 1. The molecule has 0 saturated heterocycles. The molecule has 0 aliphatic heterocycles. The first kappa shape index (κ1) is 9.51. The highest BCUT2D eigenvalue weighted by Gasteiger charge is 2.10. The van der Waals surface area contributed by atoms with Crippen molar-refractivity contribution in [3.8, 4) is 0 Å². The summed E-state index contributed by atoms with van der Waals surface area (Å²) in [6, 6.07) is 0. The fraction of sp³-hybridized carbons (Fsp3) is 0.333. The smallest absolute Gasteiger partial charge is 0.207 e. The Morgan fingerprint density at radius 3 is 3.08 bits per heavy atom. The van der Waals surface area contributed by atoms with Gasteiger partial charge in [0.25, 0.3) is 0 Å². The second-order valence-electron chi connectivity index (χ2n) is 2.93. The van der Waals surface area contributed by atoms with Crippen LogP contribution in [-0.4, -0.2) is 18.8 Å². The number of carbonyl (C=O) groups is 1. The number of amides is 1. The molecule has 1 aliphatic rings. The zero-order valence-electron chi connectivity index (χ0n) is 7.29. The van der Waals surface area contributed by atoms with Crippen LogP contribution < -0.4 is 11.1 Å². The van der Waals surface area contributed by atoms with Gasteiger partial charge in [-0.2, -0.15) is 0 Å². The molecule has 1 amide bonds. The van der Waals surface area contributed by atoms with Gasteiger partial charge in [0.05, 0.1) is 5.84 Å². The van der Waals surface area contributed by atoms with Crippen molar-refractivity contribution in [2.45, 2.75) is 6.42 Å². The fourth-order valence-corrected chi connectivity index (χ4v) is 1.19. The van der Waals surface area contributed by atoms with E-state index < -0.39 is 0 Å². The summed E-state index contributed by atoms with van der Waals surface area (Å²) in [6.07, 6.45) is 7.20. The highest BCUT2D eigenvalue weighted by atomic mass is 16.1. The van der Waals surface area contributed by atoms with Gasteiger partial charge >= 0.3 is 0 Å². The Labute approximate surface area is 77.0 Å². The molecule has 0 aromatic rings. The molecular weight excluding hydrogens is 166 g/mol. The predicted molar refractivity (Wildman–Crippen MR) is 51.3 cm³/mol. The van der Waals surface area contributed by atoms with Gasteiger partial charge in [0.15, 0.2) is 0 Å². The lowest BCUT2D eigenvalue weighted by atomic mass is 9.96. The third-order valence-corrected chi connectivity index (χ3v) is 1.97. The molecule has 0 fully saturated rings. The van der Waals surface area contributed by atoms with E-state index in [2.05, 4.69) is 5.32 Å². The van der Waals surface area contributed by atoms with E-state index in [1.165, 1.54) is 0 Å². The summed E-state index contributed by atoms with van der Waals surface area (Å²) in [4.78, 5) is 10.0. The largest absolute Gasteiger partial charge is 0.387 e. The van der Waals surface area contributed by atoms with Crippen LogP contribution >= 0.6 is 0 Å².